The fourth-order valence-electron chi connectivity index (χ4n) is 2.38. The minimum Gasteiger partial charge on any atom is -0.336 e. The van der Waals surface area contributed by atoms with E-state index in [4.69, 9.17) is 11.6 Å². The Morgan fingerprint density at radius 1 is 1.41 bits per heavy atom. The van der Waals surface area contributed by atoms with E-state index in [0.717, 1.165) is 0 Å². The Morgan fingerprint density at radius 2 is 2.05 bits per heavy atom. The summed E-state index contributed by atoms with van der Waals surface area (Å²) in [6.07, 6.45) is 0. The van der Waals surface area contributed by atoms with Gasteiger partial charge in [-0.05, 0) is 38.1 Å². The van der Waals surface area contributed by atoms with Crippen molar-refractivity contribution in [3.8, 4) is 0 Å². The smallest absolute Gasteiger partial charge is 0.241 e. The maximum Gasteiger partial charge on any atom is 0.241 e. The zero-order chi connectivity index (χ0) is 16.3. The molecule has 22 heavy (non-hydrogen) atoms. The van der Waals surface area contributed by atoms with Crippen LogP contribution < -0.4 is 10.0 Å². The molecule has 1 unspecified atom stereocenters. The molecule has 0 aromatic heterocycles. The molecular weight excluding hydrogens is 326 g/mol. The molecule has 1 aromatic rings. The van der Waals surface area contributed by atoms with Crippen molar-refractivity contribution in [2.24, 2.45) is 0 Å². The second kappa shape index (κ2) is 6.95. The number of hydrogen-bond donors (Lipinski definition) is 2. The van der Waals surface area contributed by atoms with Gasteiger partial charge in [0.1, 0.15) is 0 Å². The van der Waals surface area contributed by atoms with Gasteiger partial charge in [-0.15, -0.1) is 0 Å². The lowest BCUT2D eigenvalue weighted by Gasteiger charge is -2.35. The largest absolute Gasteiger partial charge is 0.336 e. The molecule has 1 fully saturated rings. The molecule has 0 saturated carbocycles. The van der Waals surface area contributed by atoms with Crippen molar-refractivity contribution in [1.82, 2.24) is 14.9 Å². The number of rotatable bonds is 4. The zero-order valence-electron chi connectivity index (χ0n) is 12.5. The van der Waals surface area contributed by atoms with Crippen LogP contribution in [-0.4, -0.2) is 50.9 Å². The van der Waals surface area contributed by atoms with E-state index in [1.165, 1.54) is 24.3 Å². The van der Waals surface area contributed by atoms with E-state index in [1.807, 2.05) is 6.92 Å². The molecule has 0 radical (unpaired) electrons. The third-order valence-corrected chi connectivity index (χ3v) is 5.42. The highest BCUT2D eigenvalue weighted by Crippen LogP contribution is 2.15. The molecular formula is C14H20ClN3O3S. The van der Waals surface area contributed by atoms with E-state index < -0.39 is 16.1 Å². The van der Waals surface area contributed by atoms with Crippen LogP contribution in [0.4, 0.5) is 0 Å². The van der Waals surface area contributed by atoms with Crippen LogP contribution >= 0.6 is 11.6 Å². The lowest BCUT2D eigenvalue weighted by atomic mass is 10.2. The van der Waals surface area contributed by atoms with Crippen molar-refractivity contribution < 1.29 is 13.2 Å². The van der Waals surface area contributed by atoms with Gasteiger partial charge in [0.2, 0.25) is 15.9 Å². The lowest BCUT2D eigenvalue weighted by Crippen LogP contribution is -2.57. The molecule has 2 rings (SSSR count). The summed E-state index contributed by atoms with van der Waals surface area (Å²) in [6.45, 7) is 5.50. The van der Waals surface area contributed by atoms with Gasteiger partial charge in [0.15, 0.2) is 0 Å². The summed E-state index contributed by atoms with van der Waals surface area (Å²) in [4.78, 5) is 14.2. The summed E-state index contributed by atoms with van der Waals surface area (Å²) in [5.41, 5.74) is 0. The number of hydrogen-bond acceptors (Lipinski definition) is 4. The fraction of sp³-hybridized carbons (Fsp3) is 0.500. The highest BCUT2D eigenvalue weighted by molar-refractivity contribution is 7.89. The standard InChI is InChI=1S/C14H20ClN3O3S/c1-10-9-16-7-8-18(10)14(19)11(2)17-22(20,21)13-5-3-12(15)4-6-13/h3-6,10-11,16-17H,7-9H2,1-2H3/t10-,11?/m1/s1. The average Bonchev–Trinajstić information content (AvgIpc) is 2.47. The number of carbonyl (C=O) groups is 1. The molecule has 1 aliphatic heterocycles. The Hall–Kier alpha value is -1.15. The minimum atomic E-state index is -3.75. The molecule has 1 heterocycles. The van der Waals surface area contributed by atoms with Gasteiger partial charge in [0.05, 0.1) is 10.9 Å². The van der Waals surface area contributed by atoms with E-state index in [9.17, 15) is 13.2 Å². The Bertz CT molecular complexity index is 633. The monoisotopic (exact) mass is 345 g/mol. The Kier molecular flexibility index (Phi) is 5.44. The quantitative estimate of drug-likeness (QED) is 0.847. The van der Waals surface area contributed by atoms with Crippen molar-refractivity contribution in [1.29, 1.82) is 0 Å². The van der Waals surface area contributed by atoms with Crippen molar-refractivity contribution in [2.75, 3.05) is 19.6 Å². The SMILES string of the molecule is CC(NS(=O)(=O)c1ccc(Cl)cc1)C(=O)N1CCNC[C@H]1C. The number of piperazine rings is 1. The van der Waals surface area contributed by atoms with Crippen LogP contribution in [0.2, 0.25) is 5.02 Å². The van der Waals surface area contributed by atoms with Gasteiger partial charge in [-0.2, -0.15) is 4.72 Å². The molecule has 2 atom stereocenters. The molecule has 1 aliphatic rings. The first kappa shape index (κ1) is 17.2. The first-order chi connectivity index (χ1) is 10.3. The molecule has 1 amide bonds. The number of carbonyl (C=O) groups excluding carboxylic acids is 1. The molecule has 1 saturated heterocycles. The Labute approximate surface area is 135 Å². The second-order valence-corrected chi connectivity index (χ2v) is 7.53. The van der Waals surface area contributed by atoms with Crippen LogP contribution in [0.3, 0.4) is 0 Å². The van der Waals surface area contributed by atoms with Crippen LogP contribution in [-0.2, 0) is 14.8 Å². The number of nitrogens with one attached hydrogen (secondary N) is 2. The molecule has 0 aliphatic carbocycles. The molecule has 0 bridgehead atoms. The predicted octanol–water partition coefficient (Wildman–Crippen LogP) is 0.827. The predicted molar refractivity (Wildman–Crippen MR) is 85.3 cm³/mol. The third kappa shape index (κ3) is 3.98. The minimum absolute atomic E-state index is 0.0451. The van der Waals surface area contributed by atoms with Gasteiger partial charge in [-0.3, -0.25) is 4.79 Å². The van der Waals surface area contributed by atoms with E-state index in [-0.39, 0.29) is 16.8 Å². The van der Waals surface area contributed by atoms with Crippen LogP contribution in [0.15, 0.2) is 29.2 Å². The van der Waals surface area contributed by atoms with E-state index in [2.05, 4.69) is 10.0 Å². The molecule has 122 valence electrons. The maximum atomic E-state index is 12.4. The van der Waals surface area contributed by atoms with Crippen molar-refractivity contribution in [3.63, 3.8) is 0 Å². The topological polar surface area (TPSA) is 78.5 Å². The van der Waals surface area contributed by atoms with Gasteiger partial charge in [0.25, 0.3) is 0 Å². The highest BCUT2D eigenvalue weighted by atomic mass is 35.5. The number of nitrogens with zero attached hydrogens (tertiary/aromatic N) is 1. The molecule has 0 spiro atoms. The Morgan fingerprint density at radius 3 is 2.64 bits per heavy atom. The zero-order valence-corrected chi connectivity index (χ0v) is 14.1. The number of sulfonamides is 1. The van der Waals surface area contributed by atoms with E-state index >= 15 is 0 Å². The fourth-order valence-corrected chi connectivity index (χ4v) is 3.70. The van der Waals surface area contributed by atoms with Gasteiger partial charge in [0, 0.05) is 30.7 Å². The summed E-state index contributed by atoms with van der Waals surface area (Å²) in [5, 5.41) is 3.65. The van der Waals surface area contributed by atoms with Gasteiger partial charge in [-0.1, -0.05) is 11.6 Å². The number of amides is 1. The normalized spacial score (nSPS) is 20.7. The summed E-state index contributed by atoms with van der Waals surface area (Å²) >= 11 is 5.75. The number of halogens is 1. The van der Waals surface area contributed by atoms with Crippen molar-refractivity contribution in [3.05, 3.63) is 29.3 Å². The molecule has 2 N–H and O–H groups in total. The average molecular weight is 346 g/mol. The third-order valence-electron chi connectivity index (χ3n) is 3.61. The van der Waals surface area contributed by atoms with Gasteiger partial charge in [-0.25, -0.2) is 8.42 Å². The molecule has 1 aromatic carbocycles. The highest BCUT2D eigenvalue weighted by Gasteiger charge is 2.29. The van der Waals surface area contributed by atoms with Crippen LogP contribution in [0, 0.1) is 0 Å². The van der Waals surface area contributed by atoms with Gasteiger partial charge < -0.3 is 10.2 Å². The van der Waals surface area contributed by atoms with Crippen molar-refractivity contribution >= 4 is 27.5 Å². The van der Waals surface area contributed by atoms with Crippen molar-refractivity contribution in [2.45, 2.75) is 30.8 Å². The first-order valence-electron chi connectivity index (χ1n) is 7.10. The number of benzene rings is 1. The molecule has 8 heteroatoms. The molecule has 6 nitrogen and oxygen atoms in total. The van der Waals surface area contributed by atoms with E-state index in [1.54, 1.807) is 11.8 Å². The van der Waals surface area contributed by atoms with Crippen LogP contribution in [0.1, 0.15) is 13.8 Å². The summed E-state index contributed by atoms with van der Waals surface area (Å²) in [6, 6.07) is 5.05. The van der Waals surface area contributed by atoms with Crippen LogP contribution in [0.25, 0.3) is 0 Å². The van der Waals surface area contributed by atoms with Gasteiger partial charge >= 0.3 is 0 Å². The lowest BCUT2D eigenvalue weighted by molar-refractivity contribution is -0.135. The summed E-state index contributed by atoms with van der Waals surface area (Å²) in [7, 11) is -3.75. The van der Waals surface area contributed by atoms with E-state index in [0.29, 0.717) is 24.7 Å². The second-order valence-electron chi connectivity index (χ2n) is 5.38. The summed E-state index contributed by atoms with van der Waals surface area (Å²) in [5.74, 6) is -0.216. The first-order valence-corrected chi connectivity index (χ1v) is 8.96. The Balaban J connectivity index is 2.08. The maximum absolute atomic E-state index is 12.4. The van der Waals surface area contributed by atoms with Crippen LogP contribution in [0.5, 0.6) is 0 Å². The summed E-state index contributed by atoms with van der Waals surface area (Å²) < 4.78 is 27.0.